The summed E-state index contributed by atoms with van der Waals surface area (Å²) in [6.45, 7) is 0.942. The molecule has 174 valence electrons. The standard InChI is InChI=1S/C24H21ClN4O4S/c1-34(32,33)24-26-20-12-19(25)21(27-22(20)28-24)16-6-2-14(3-7-16)15-4-8-17(9-5-15)23(31)29-11-10-18(30)13-29/h2-9,12,18,30H,10-11,13H2,1H3,(H,26,27,28). The summed E-state index contributed by atoms with van der Waals surface area (Å²) in [5.41, 5.74) is 4.48. The molecular formula is C24H21ClN4O4S. The highest BCUT2D eigenvalue weighted by Gasteiger charge is 2.25. The Labute approximate surface area is 201 Å². The number of fused-ring (bicyclic) bond motifs is 1. The molecule has 34 heavy (non-hydrogen) atoms. The van der Waals surface area contributed by atoms with E-state index in [0.717, 1.165) is 22.9 Å². The smallest absolute Gasteiger partial charge is 0.253 e. The maximum Gasteiger partial charge on any atom is 0.253 e. The fourth-order valence-corrected chi connectivity index (χ4v) is 4.82. The van der Waals surface area contributed by atoms with Crippen molar-refractivity contribution in [2.45, 2.75) is 17.7 Å². The number of hydrogen-bond donors (Lipinski definition) is 2. The van der Waals surface area contributed by atoms with Gasteiger partial charge in [0.05, 0.1) is 22.3 Å². The Morgan fingerprint density at radius 3 is 2.26 bits per heavy atom. The van der Waals surface area contributed by atoms with Crippen LogP contribution < -0.4 is 0 Å². The fraction of sp³-hybridized carbons (Fsp3) is 0.208. The van der Waals surface area contributed by atoms with Gasteiger partial charge in [-0.2, -0.15) is 4.98 Å². The number of amides is 1. The summed E-state index contributed by atoms with van der Waals surface area (Å²) in [6.07, 6.45) is 1.24. The Morgan fingerprint density at radius 1 is 1.06 bits per heavy atom. The number of H-pyrrole nitrogens is 1. The molecule has 0 radical (unpaired) electrons. The highest BCUT2D eigenvalue weighted by molar-refractivity contribution is 7.90. The minimum atomic E-state index is -3.49. The van der Waals surface area contributed by atoms with Gasteiger partial charge in [0.1, 0.15) is 0 Å². The number of halogens is 1. The number of aliphatic hydroxyl groups excluding tert-OH is 1. The summed E-state index contributed by atoms with van der Waals surface area (Å²) in [5, 5.41) is 9.88. The first-order chi connectivity index (χ1) is 16.2. The lowest BCUT2D eigenvalue weighted by molar-refractivity contribution is 0.0765. The van der Waals surface area contributed by atoms with Gasteiger partial charge >= 0.3 is 0 Å². The second kappa shape index (κ2) is 8.50. The number of β-amino-alcohol motifs (C(OH)–C–C–N with tert-alkyl or cyclic N) is 1. The molecule has 0 saturated carbocycles. The van der Waals surface area contributed by atoms with Gasteiger partial charge in [0, 0.05) is 30.5 Å². The zero-order valence-electron chi connectivity index (χ0n) is 18.2. The van der Waals surface area contributed by atoms with Gasteiger partial charge in [-0.15, -0.1) is 0 Å². The maximum absolute atomic E-state index is 12.6. The lowest BCUT2D eigenvalue weighted by Gasteiger charge is -2.15. The normalized spacial score (nSPS) is 16.3. The molecule has 1 saturated heterocycles. The van der Waals surface area contributed by atoms with Crippen LogP contribution in [0.25, 0.3) is 33.5 Å². The van der Waals surface area contributed by atoms with E-state index in [-0.39, 0.29) is 16.7 Å². The minimum absolute atomic E-state index is 0.0769. The Kier molecular flexibility index (Phi) is 5.63. The molecule has 10 heteroatoms. The van der Waals surface area contributed by atoms with Crippen molar-refractivity contribution in [2.24, 2.45) is 0 Å². The van der Waals surface area contributed by atoms with Crippen molar-refractivity contribution < 1.29 is 18.3 Å². The van der Waals surface area contributed by atoms with Crippen molar-refractivity contribution in [2.75, 3.05) is 19.3 Å². The summed E-state index contributed by atoms with van der Waals surface area (Å²) in [4.78, 5) is 25.5. The number of carbonyl (C=O) groups excluding carboxylic acids is 1. The van der Waals surface area contributed by atoms with Crippen molar-refractivity contribution in [3.8, 4) is 22.4 Å². The van der Waals surface area contributed by atoms with E-state index < -0.39 is 15.9 Å². The molecule has 2 aromatic heterocycles. The van der Waals surface area contributed by atoms with Crippen LogP contribution in [0.3, 0.4) is 0 Å². The number of aliphatic hydroxyl groups is 1. The highest BCUT2D eigenvalue weighted by atomic mass is 35.5. The average Bonchev–Trinajstić information content (AvgIpc) is 3.44. The second-order valence-electron chi connectivity index (χ2n) is 8.35. The van der Waals surface area contributed by atoms with E-state index in [1.165, 1.54) is 0 Å². The number of benzene rings is 2. The van der Waals surface area contributed by atoms with Gasteiger partial charge < -0.3 is 15.0 Å². The van der Waals surface area contributed by atoms with Crippen LogP contribution in [0.2, 0.25) is 5.02 Å². The van der Waals surface area contributed by atoms with Crippen LogP contribution in [0.15, 0.2) is 59.8 Å². The number of pyridine rings is 1. The third kappa shape index (κ3) is 4.29. The molecular weight excluding hydrogens is 476 g/mol. The number of imidazole rings is 1. The van der Waals surface area contributed by atoms with Crippen LogP contribution in [0.4, 0.5) is 0 Å². The molecule has 3 heterocycles. The van der Waals surface area contributed by atoms with E-state index in [1.54, 1.807) is 23.1 Å². The van der Waals surface area contributed by atoms with Crippen LogP contribution >= 0.6 is 11.6 Å². The van der Waals surface area contributed by atoms with E-state index in [4.69, 9.17) is 11.6 Å². The zero-order valence-corrected chi connectivity index (χ0v) is 19.8. The van der Waals surface area contributed by atoms with Gasteiger partial charge in [0.15, 0.2) is 5.65 Å². The lowest BCUT2D eigenvalue weighted by Crippen LogP contribution is -2.29. The Balaban J connectivity index is 1.39. The van der Waals surface area contributed by atoms with E-state index in [9.17, 15) is 18.3 Å². The highest BCUT2D eigenvalue weighted by Crippen LogP contribution is 2.31. The number of carbonyl (C=O) groups is 1. The van der Waals surface area contributed by atoms with Crippen LogP contribution in [-0.2, 0) is 9.84 Å². The van der Waals surface area contributed by atoms with Crippen molar-refractivity contribution in [3.05, 3.63) is 65.2 Å². The van der Waals surface area contributed by atoms with Gasteiger partial charge in [-0.25, -0.2) is 13.4 Å². The van der Waals surface area contributed by atoms with E-state index in [2.05, 4.69) is 15.0 Å². The van der Waals surface area contributed by atoms with Gasteiger partial charge in [-0.05, 0) is 35.7 Å². The second-order valence-corrected chi connectivity index (χ2v) is 10.7. The summed E-state index contributed by atoms with van der Waals surface area (Å²) in [6, 6.07) is 16.6. The van der Waals surface area contributed by atoms with E-state index in [0.29, 0.717) is 41.3 Å². The zero-order chi connectivity index (χ0) is 24.0. The molecule has 2 N–H and O–H groups in total. The van der Waals surface area contributed by atoms with Crippen LogP contribution in [-0.4, -0.2) is 64.7 Å². The van der Waals surface area contributed by atoms with E-state index in [1.807, 2.05) is 36.4 Å². The molecule has 2 aromatic carbocycles. The quantitative estimate of drug-likeness (QED) is 0.446. The largest absolute Gasteiger partial charge is 0.391 e. The first-order valence-electron chi connectivity index (χ1n) is 10.6. The lowest BCUT2D eigenvalue weighted by atomic mass is 10.0. The van der Waals surface area contributed by atoms with Crippen molar-refractivity contribution in [3.63, 3.8) is 0 Å². The molecule has 1 fully saturated rings. The van der Waals surface area contributed by atoms with Crippen LogP contribution in [0.1, 0.15) is 16.8 Å². The number of nitrogens with zero attached hydrogens (tertiary/aromatic N) is 3. The monoisotopic (exact) mass is 496 g/mol. The maximum atomic E-state index is 12.6. The summed E-state index contributed by atoms with van der Waals surface area (Å²) in [7, 11) is -3.49. The Morgan fingerprint density at radius 2 is 1.68 bits per heavy atom. The number of aromatic nitrogens is 3. The van der Waals surface area contributed by atoms with Gasteiger partial charge in [-0.3, -0.25) is 4.79 Å². The van der Waals surface area contributed by atoms with Crippen LogP contribution in [0.5, 0.6) is 0 Å². The summed E-state index contributed by atoms with van der Waals surface area (Å²) < 4.78 is 23.5. The third-order valence-corrected chi connectivity index (χ3v) is 7.01. The van der Waals surface area contributed by atoms with Crippen molar-refractivity contribution >= 4 is 38.5 Å². The molecule has 4 aromatic rings. The van der Waals surface area contributed by atoms with Crippen LogP contribution in [0, 0.1) is 0 Å². The minimum Gasteiger partial charge on any atom is -0.391 e. The Hall–Kier alpha value is -3.27. The third-order valence-electron chi connectivity index (χ3n) is 5.83. The molecule has 1 atom stereocenters. The molecule has 0 spiro atoms. The molecule has 0 bridgehead atoms. The molecule has 8 nitrogen and oxygen atoms in total. The number of nitrogens with one attached hydrogen (secondary N) is 1. The average molecular weight is 497 g/mol. The van der Waals surface area contributed by atoms with E-state index >= 15 is 0 Å². The van der Waals surface area contributed by atoms with Crippen molar-refractivity contribution in [1.82, 2.24) is 19.9 Å². The van der Waals surface area contributed by atoms with Gasteiger partial charge in [-0.1, -0.05) is 48.0 Å². The number of rotatable bonds is 4. The fourth-order valence-electron chi connectivity index (χ4n) is 4.01. The predicted octanol–water partition coefficient (Wildman–Crippen LogP) is 3.56. The number of sulfone groups is 1. The summed E-state index contributed by atoms with van der Waals surface area (Å²) in [5.74, 6) is -0.0769. The number of likely N-dealkylation sites (tertiary alicyclic amines) is 1. The summed E-state index contributed by atoms with van der Waals surface area (Å²) >= 11 is 6.42. The Bertz CT molecular complexity index is 1500. The molecule has 1 aliphatic rings. The number of hydrogen-bond acceptors (Lipinski definition) is 6. The molecule has 5 rings (SSSR count). The molecule has 1 unspecified atom stereocenters. The first kappa shape index (κ1) is 22.5. The predicted molar refractivity (Wildman–Crippen MR) is 129 cm³/mol. The van der Waals surface area contributed by atoms with Gasteiger partial charge in [0.25, 0.3) is 5.91 Å². The molecule has 0 aliphatic carbocycles. The SMILES string of the molecule is CS(=O)(=O)c1nc2nc(-c3ccc(-c4ccc(C(=O)N5CCC(O)C5)cc4)cc3)c(Cl)cc2[nH]1. The molecule has 1 amide bonds. The van der Waals surface area contributed by atoms with Crippen molar-refractivity contribution in [1.29, 1.82) is 0 Å². The van der Waals surface area contributed by atoms with Gasteiger partial charge in [0.2, 0.25) is 15.0 Å². The molecule has 1 aliphatic heterocycles. The number of aromatic amines is 1. The first-order valence-corrected chi connectivity index (χ1v) is 12.9. The topological polar surface area (TPSA) is 116 Å².